The van der Waals surface area contributed by atoms with Gasteiger partial charge in [-0.3, -0.25) is 14.9 Å². The van der Waals surface area contributed by atoms with Gasteiger partial charge in [-0.15, -0.1) is 10.2 Å². The number of carbonyl (C=O) groups is 1. The Morgan fingerprint density at radius 3 is 2.90 bits per heavy atom. The molecule has 8 nitrogen and oxygen atoms in total. The molecule has 0 radical (unpaired) electrons. The number of aromatic amines is 1. The van der Waals surface area contributed by atoms with Crippen LogP contribution in [0.3, 0.4) is 0 Å². The Hall–Kier alpha value is -1.94. The molecule has 3 N–H and O–H groups in total. The monoisotopic (exact) mass is 327 g/mol. The number of H-pyrrole nitrogens is 1. The van der Waals surface area contributed by atoms with Gasteiger partial charge in [0.2, 0.25) is 16.9 Å². The highest BCUT2D eigenvalue weighted by Crippen LogP contribution is 2.24. The Balaban J connectivity index is 2.08. The van der Waals surface area contributed by atoms with E-state index in [4.69, 9.17) is 0 Å². The molecule has 2 heterocycles. The Kier molecular flexibility index (Phi) is 4.91. The number of nitrogens with zero attached hydrogens (tertiary/aromatic N) is 3. The summed E-state index contributed by atoms with van der Waals surface area (Å²) < 4.78 is 0. The predicted molar refractivity (Wildman–Crippen MR) is 79.7 cm³/mol. The van der Waals surface area contributed by atoms with Crippen LogP contribution in [0, 0.1) is 6.92 Å². The number of thioether (sulfide) groups is 1. The summed E-state index contributed by atoms with van der Waals surface area (Å²) in [5.41, 5.74) is -0.472. The van der Waals surface area contributed by atoms with Crippen LogP contribution >= 0.6 is 23.1 Å². The Morgan fingerprint density at radius 2 is 2.33 bits per heavy atom. The molecule has 1 atom stereocenters. The van der Waals surface area contributed by atoms with Gasteiger partial charge < -0.3 is 10.1 Å². The first-order chi connectivity index (χ1) is 9.97. The summed E-state index contributed by atoms with van der Waals surface area (Å²) in [7, 11) is 0. The molecular formula is C11H13N5O3S2. The molecule has 2 aromatic rings. The van der Waals surface area contributed by atoms with E-state index < -0.39 is 10.8 Å². The van der Waals surface area contributed by atoms with Crippen LogP contribution < -0.4 is 10.9 Å². The van der Waals surface area contributed by atoms with Gasteiger partial charge in [0.05, 0.1) is 11.3 Å². The second-order valence-corrected chi connectivity index (χ2v) is 6.41. The third-order valence-corrected chi connectivity index (χ3v) is 4.38. The quantitative estimate of drug-likeness (QED) is 0.556. The second-order valence-electron chi connectivity index (χ2n) is 4.04. The molecule has 10 heteroatoms. The molecule has 0 aliphatic heterocycles. The van der Waals surface area contributed by atoms with E-state index >= 15 is 0 Å². The molecule has 1 unspecified atom stereocenters. The number of amides is 1. The maximum atomic E-state index is 12.2. The number of aromatic hydroxyl groups is 1. The van der Waals surface area contributed by atoms with Gasteiger partial charge in [-0.2, -0.15) is 4.98 Å². The van der Waals surface area contributed by atoms with Crippen LogP contribution in [0.15, 0.2) is 16.0 Å². The molecular weight excluding hydrogens is 314 g/mol. The highest BCUT2D eigenvalue weighted by Gasteiger charge is 2.20. The molecule has 0 saturated heterocycles. The third-order valence-electron chi connectivity index (χ3n) is 2.38. The second kappa shape index (κ2) is 6.68. The number of hydrogen-bond acceptors (Lipinski definition) is 8. The van der Waals surface area contributed by atoms with E-state index in [0.717, 1.165) is 22.8 Å². The van der Waals surface area contributed by atoms with Gasteiger partial charge in [0, 0.05) is 0 Å². The minimum absolute atomic E-state index is 0.190. The Labute approximate surface area is 128 Å². The molecule has 0 fully saturated rings. The van der Waals surface area contributed by atoms with Crippen molar-refractivity contribution < 1.29 is 9.90 Å². The van der Waals surface area contributed by atoms with E-state index in [1.807, 2.05) is 6.92 Å². The van der Waals surface area contributed by atoms with Crippen LogP contribution in [0.2, 0.25) is 0 Å². The van der Waals surface area contributed by atoms with Gasteiger partial charge >= 0.3 is 0 Å². The molecule has 2 rings (SSSR count). The van der Waals surface area contributed by atoms with Crippen LogP contribution in [0.5, 0.6) is 5.88 Å². The fourth-order valence-corrected chi connectivity index (χ4v) is 2.97. The fraction of sp³-hybridized carbons (Fsp3) is 0.364. The van der Waals surface area contributed by atoms with Crippen molar-refractivity contribution in [3.63, 3.8) is 0 Å². The third kappa shape index (κ3) is 4.26. The van der Waals surface area contributed by atoms with Gasteiger partial charge in [0.25, 0.3) is 5.56 Å². The minimum atomic E-state index is -0.473. The molecule has 0 aliphatic rings. The van der Waals surface area contributed by atoms with E-state index in [2.05, 4.69) is 25.5 Å². The summed E-state index contributed by atoms with van der Waals surface area (Å²) >= 11 is 2.35. The molecule has 2 aromatic heterocycles. The van der Waals surface area contributed by atoms with Crippen molar-refractivity contribution in [3.05, 3.63) is 21.4 Å². The van der Waals surface area contributed by atoms with Crippen LogP contribution in [-0.4, -0.2) is 36.4 Å². The summed E-state index contributed by atoms with van der Waals surface area (Å²) in [6, 6.07) is 0.967. The summed E-state index contributed by atoms with van der Waals surface area (Å²) in [5.74, 6) is -0.638. The average Bonchev–Trinajstić information content (AvgIpc) is 2.80. The van der Waals surface area contributed by atoms with E-state index in [-0.39, 0.29) is 16.9 Å². The van der Waals surface area contributed by atoms with Crippen molar-refractivity contribution in [2.24, 2.45) is 0 Å². The standard InChI is InChI=1S/C11H13N5O3S2/c1-3-6(9(19)14-11-16-15-5(2)20-11)21-10-12-7(17)4-8(18)13-10/h4,6H,3H2,1-2H3,(H,14,16,19)(H2,12,13,17,18). The topological polar surface area (TPSA) is 121 Å². The van der Waals surface area contributed by atoms with E-state index in [1.165, 1.54) is 11.3 Å². The summed E-state index contributed by atoms with van der Waals surface area (Å²) in [6.07, 6.45) is 0.521. The lowest BCUT2D eigenvalue weighted by Gasteiger charge is -2.12. The number of hydrogen-bond donors (Lipinski definition) is 3. The van der Waals surface area contributed by atoms with Crippen LogP contribution in [0.4, 0.5) is 5.13 Å². The summed E-state index contributed by atoms with van der Waals surface area (Å²) in [4.78, 5) is 29.6. The zero-order valence-corrected chi connectivity index (χ0v) is 12.9. The van der Waals surface area contributed by atoms with E-state index in [1.54, 1.807) is 6.92 Å². The Morgan fingerprint density at radius 1 is 1.57 bits per heavy atom. The van der Waals surface area contributed by atoms with E-state index in [0.29, 0.717) is 11.6 Å². The first-order valence-corrected chi connectivity index (χ1v) is 7.75. The molecule has 0 saturated carbocycles. The van der Waals surface area contributed by atoms with Crippen LogP contribution in [0.25, 0.3) is 0 Å². The SMILES string of the molecule is CCC(Sc1nc(O)cc(=O)[nH]1)C(=O)Nc1nnc(C)s1. The zero-order valence-electron chi connectivity index (χ0n) is 11.3. The first-order valence-electron chi connectivity index (χ1n) is 6.06. The minimum Gasteiger partial charge on any atom is -0.493 e. The number of anilines is 1. The highest BCUT2D eigenvalue weighted by atomic mass is 32.2. The van der Waals surface area contributed by atoms with Crippen molar-refractivity contribution >= 4 is 34.1 Å². The molecule has 1 amide bonds. The fourth-order valence-electron chi connectivity index (χ4n) is 1.47. The van der Waals surface area contributed by atoms with Crippen molar-refractivity contribution in [1.82, 2.24) is 20.2 Å². The normalized spacial score (nSPS) is 12.1. The highest BCUT2D eigenvalue weighted by molar-refractivity contribution is 8.00. The van der Waals surface area contributed by atoms with Crippen molar-refractivity contribution in [1.29, 1.82) is 0 Å². The van der Waals surface area contributed by atoms with Crippen LogP contribution in [0.1, 0.15) is 18.4 Å². The number of rotatable bonds is 5. The van der Waals surface area contributed by atoms with Gasteiger partial charge in [-0.1, -0.05) is 30.0 Å². The smallest absolute Gasteiger partial charge is 0.255 e. The molecule has 0 bridgehead atoms. The summed E-state index contributed by atoms with van der Waals surface area (Å²) in [6.45, 7) is 3.63. The molecule has 112 valence electrons. The molecule has 0 spiro atoms. The summed E-state index contributed by atoms with van der Waals surface area (Å²) in [5, 5.41) is 20.5. The first kappa shape index (κ1) is 15.4. The number of aromatic nitrogens is 4. The lowest BCUT2D eigenvalue weighted by molar-refractivity contribution is -0.115. The van der Waals surface area contributed by atoms with Gasteiger partial charge in [0.1, 0.15) is 5.01 Å². The van der Waals surface area contributed by atoms with Crippen molar-refractivity contribution in [2.75, 3.05) is 5.32 Å². The van der Waals surface area contributed by atoms with Gasteiger partial charge in [-0.25, -0.2) is 0 Å². The van der Waals surface area contributed by atoms with Gasteiger partial charge in [0.15, 0.2) is 5.16 Å². The van der Waals surface area contributed by atoms with Crippen LogP contribution in [-0.2, 0) is 4.79 Å². The maximum Gasteiger partial charge on any atom is 0.255 e. The largest absolute Gasteiger partial charge is 0.493 e. The van der Waals surface area contributed by atoms with Crippen molar-refractivity contribution in [2.45, 2.75) is 30.7 Å². The molecule has 0 aliphatic carbocycles. The maximum absolute atomic E-state index is 12.2. The van der Waals surface area contributed by atoms with Crippen molar-refractivity contribution in [3.8, 4) is 5.88 Å². The van der Waals surface area contributed by atoms with Gasteiger partial charge in [-0.05, 0) is 13.3 Å². The average molecular weight is 327 g/mol. The number of carbonyl (C=O) groups excluding carboxylic acids is 1. The predicted octanol–water partition coefficient (Wildman–Crippen LogP) is 1.14. The lowest BCUT2D eigenvalue weighted by Crippen LogP contribution is -2.25. The van der Waals surface area contributed by atoms with E-state index in [9.17, 15) is 14.7 Å². The zero-order chi connectivity index (χ0) is 15.4. The molecule has 0 aromatic carbocycles. The molecule has 21 heavy (non-hydrogen) atoms. The number of nitrogens with one attached hydrogen (secondary N) is 2. The lowest BCUT2D eigenvalue weighted by atomic mass is 10.3. The number of aryl methyl sites for hydroxylation is 1. The Bertz CT molecular complexity index is 699.